The molecule has 0 aromatic carbocycles. The molecule has 0 aliphatic carbocycles. The number of furan rings is 1. The highest BCUT2D eigenvalue weighted by Gasteiger charge is 2.09. The predicted molar refractivity (Wildman–Crippen MR) is 66.1 cm³/mol. The van der Waals surface area contributed by atoms with Crippen LogP contribution in [0.5, 0.6) is 0 Å². The molecule has 0 unspecified atom stereocenters. The maximum Gasteiger partial charge on any atom is 0.254 e. The molecule has 1 aromatic rings. The van der Waals surface area contributed by atoms with Crippen LogP contribution in [0.4, 0.5) is 0 Å². The van der Waals surface area contributed by atoms with E-state index < -0.39 is 0 Å². The van der Waals surface area contributed by atoms with E-state index in [0.29, 0.717) is 24.5 Å². The summed E-state index contributed by atoms with van der Waals surface area (Å²) in [5.41, 5.74) is 0.608. The second-order valence-electron chi connectivity index (χ2n) is 3.97. The van der Waals surface area contributed by atoms with Crippen molar-refractivity contribution < 1.29 is 13.9 Å². The molecule has 17 heavy (non-hydrogen) atoms. The average Bonchev–Trinajstić information content (AvgIpc) is 2.74. The predicted octanol–water partition coefficient (Wildman–Crippen LogP) is 2.52. The van der Waals surface area contributed by atoms with E-state index in [1.54, 1.807) is 13.0 Å². The highest BCUT2D eigenvalue weighted by atomic mass is 16.5. The van der Waals surface area contributed by atoms with Crippen LogP contribution < -0.4 is 5.32 Å². The Balaban J connectivity index is 2.07. The van der Waals surface area contributed by atoms with E-state index in [-0.39, 0.29) is 5.91 Å². The van der Waals surface area contributed by atoms with Crippen molar-refractivity contribution in [1.29, 1.82) is 0 Å². The molecule has 96 valence electrons. The Morgan fingerprint density at radius 2 is 2.18 bits per heavy atom. The van der Waals surface area contributed by atoms with Gasteiger partial charge in [-0.2, -0.15) is 0 Å². The summed E-state index contributed by atoms with van der Waals surface area (Å²) < 4.78 is 10.5. The van der Waals surface area contributed by atoms with Crippen LogP contribution in [0.3, 0.4) is 0 Å². The first-order valence-electron chi connectivity index (χ1n) is 6.15. The number of rotatable bonds is 8. The number of hydrogen-bond donors (Lipinski definition) is 1. The fourth-order valence-corrected chi connectivity index (χ4v) is 1.44. The minimum atomic E-state index is -0.0789. The molecule has 1 heterocycles. The number of carbonyl (C=O) groups is 1. The number of nitrogens with one attached hydrogen (secondary N) is 1. The van der Waals surface area contributed by atoms with Crippen LogP contribution in [0.25, 0.3) is 0 Å². The molecular weight excluding hydrogens is 218 g/mol. The number of hydrogen-bond acceptors (Lipinski definition) is 3. The van der Waals surface area contributed by atoms with Gasteiger partial charge in [0, 0.05) is 19.8 Å². The third kappa shape index (κ3) is 5.04. The van der Waals surface area contributed by atoms with Crippen LogP contribution in [0, 0.1) is 6.92 Å². The zero-order valence-corrected chi connectivity index (χ0v) is 10.6. The fraction of sp³-hybridized carbons (Fsp3) is 0.615. The lowest BCUT2D eigenvalue weighted by Gasteiger charge is -2.05. The fourth-order valence-electron chi connectivity index (χ4n) is 1.44. The van der Waals surface area contributed by atoms with Crippen molar-refractivity contribution in [3.05, 3.63) is 23.7 Å². The molecule has 1 amide bonds. The molecule has 0 bridgehead atoms. The van der Waals surface area contributed by atoms with Crippen molar-refractivity contribution in [3.8, 4) is 0 Å². The summed E-state index contributed by atoms with van der Waals surface area (Å²) in [5.74, 6) is 0.575. The van der Waals surface area contributed by atoms with Crippen LogP contribution in [0.15, 0.2) is 16.7 Å². The van der Waals surface area contributed by atoms with E-state index in [2.05, 4.69) is 12.2 Å². The first-order valence-corrected chi connectivity index (χ1v) is 6.15. The van der Waals surface area contributed by atoms with Crippen molar-refractivity contribution in [2.24, 2.45) is 0 Å². The maximum absolute atomic E-state index is 11.6. The monoisotopic (exact) mass is 239 g/mol. The van der Waals surface area contributed by atoms with Gasteiger partial charge in [-0.1, -0.05) is 13.3 Å². The first-order chi connectivity index (χ1) is 8.25. The minimum absolute atomic E-state index is 0.0789. The first kappa shape index (κ1) is 13.8. The SMILES string of the molecule is CCCCOCCCNC(=O)c1ccoc1C. The summed E-state index contributed by atoms with van der Waals surface area (Å²) in [7, 11) is 0. The quantitative estimate of drug-likeness (QED) is 0.709. The topological polar surface area (TPSA) is 51.5 Å². The van der Waals surface area contributed by atoms with Gasteiger partial charge in [-0.25, -0.2) is 0 Å². The molecule has 0 atom stereocenters. The maximum atomic E-state index is 11.6. The number of ether oxygens (including phenoxy) is 1. The second kappa shape index (κ2) is 7.90. The van der Waals surface area contributed by atoms with E-state index in [9.17, 15) is 4.79 Å². The molecule has 0 radical (unpaired) electrons. The Kier molecular flexibility index (Phi) is 6.40. The number of carbonyl (C=O) groups excluding carboxylic acids is 1. The summed E-state index contributed by atoms with van der Waals surface area (Å²) in [6, 6.07) is 1.68. The molecule has 0 spiro atoms. The molecule has 1 rings (SSSR count). The van der Waals surface area contributed by atoms with Crippen LogP contribution in [0.1, 0.15) is 42.3 Å². The lowest BCUT2D eigenvalue weighted by atomic mass is 10.2. The zero-order chi connectivity index (χ0) is 12.5. The number of aryl methyl sites for hydroxylation is 1. The van der Waals surface area contributed by atoms with Crippen molar-refractivity contribution >= 4 is 5.91 Å². The van der Waals surface area contributed by atoms with Crippen molar-refractivity contribution in [2.45, 2.75) is 33.1 Å². The summed E-state index contributed by atoms with van der Waals surface area (Å²) in [6.45, 7) is 6.06. The Morgan fingerprint density at radius 3 is 2.82 bits per heavy atom. The third-order valence-corrected chi connectivity index (χ3v) is 2.50. The lowest BCUT2D eigenvalue weighted by molar-refractivity contribution is 0.0939. The highest BCUT2D eigenvalue weighted by molar-refractivity contribution is 5.94. The van der Waals surface area contributed by atoms with Crippen molar-refractivity contribution in [2.75, 3.05) is 19.8 Å². The van der Waals surface area contributed by atoms with Gasteiger partial charge in [-0.15, -0.1) is 0 Å². The van der Waals surface area contributed by atoms with Gasteiger partial charge in [0.1, 0.15) is 5.76 Å². The minimum Gasteiger partial charge on any atom is -0.469 e. The van der Waals surface area contributed by atoms with Crippen LogP contribution in [0.2, 0.25) is 0 Å². The molecule has 1 N–H and O–H groups in total. The van der Waals surface area contributed by atoms with Gasteiger partial charge < -0.3 is 14.5 Å². The van der Waals surface area contributed by atoms with Gasteiger partial charge in [0.2, 0.25) is 0 Å². The van der Waals surface area contributed by atoms with E-state index in [0.717, 1.165) is 25.9 Å². The summed E-state index contributed by atoms with van der Waals surface area (Å²) in [6.07, 6.45) is 4.61. The van der Waals surface area contributed by atoms with Gasteiger partial charge >= 0.3 is 0 Å². The average molecular weight is 239 g/mol. The molecule has 0 saturated heterocycles. The Hall–Kier alpha value is -1.29. The molecular formula is C13H21NO3. The lowest BCUT2D eigenvalue weighted by Crippen LogP contribution is -2.25. The number of unbranched alkanes of at least 4 members (excludes halogenated alkanes) is 1. The summed E-state index contributed by atoms with van der Waals surface area (Å²) in [5, 5.41) is 2.84. The normalized spacial score (nSPS) is 10.5. The van der Waals surface area contributed by atoms with Crippen molar-refractivity contribution in [3.63, 3.8) is 0 Å². The van der Waals surface area contributed by atoms with Crippen LogP contribution >= 0.6 is 0 Å². The van der Waals surface area contributed by atoms with E-state index in [1.807, 2.05) is 0 Å². The molecule has 0 aliphatic rings. The molecule has 4 heteroatoms. The largest absolute Gasteiger partial charge is 0.469 e. The van der Waals surface area contributed by atoms with Crippen LogP contribution in [-0.2, 0) is 4.74 Å². The zero-order valence-electron chi connectivity index (χ0n) is 10.6. The molecule has 0 aliphatic heterocycles. The van der Waals surface area contributed by atoms with Crippen molar-refractivity contribution in [1.82, 2.24) is 5.32 Å². The Bertz CT molecular complexity index is 333. The summed E-state index contributed by atoms with van der Waals surface area (Å²) >= 11 is 0. The Labute approximate surface area is 102 Å². The van der Waals surface area contributed by atoms with Gasteiger partial charge in [-0.3, -0.25) is 4.79 Å². The van der Waals surface area contributed by atoms with Crippen LogP contribution in [-0.4, -0.2) is 25.7 Å². The van der Waals surface area contributed by atoms with E-state index in [1.165, 1.54) is 6.26 Å². The second-order valence-corrected chi connectivity index (χ2v) is 3.97. The highest BCUT2D eigenvalue weighted by Crippen LogP contribution is 2.07. The van der Waals surface area contributed by atoms with Gasteiger partial charge in [0.05, 0.1) is 11.8 Å². The van der Waals surface area contributed by atoms with E-state index in [4.69, 9.17) is 9.15 Å². The van der Waals surface area contributed by atoms with Gasteiger partial charge in [0.15, 0.2) is 0 Å². The smallest absolute Gasteiger partial charge is 0.254 e. The number of amides is 1. The standard InChI is InChI=1S/C13H21NO3/c1-3-4-8-16-9-5-7-14-13(15)12-6-10-17-11(12)2/h6,10H,3-5,7-9H2,1-2H3,(H,14,15). The Morgan fingerprint density at radius 1 is 1.41 bits per heavy atom. The molecule has 4 nitrogen and oxygen atoms in total. The van der Waals surface area contributed by atoms with E-state index >= 15 is 0 Å². The van der Waals surface area contributed by atoms with Gasteiger partial charge in [0.25, 0.3) is 5.91 Å². The summed E-state index contributed by atoms with van der Waals surface area (Å²) in [4.78, 5) is 11.6. The molecule has 1 aromatic heterocycles. The third-order valence-electron chi connectivity index (χ3n) is 2.50. The van der Waals surface area contributed by atoms with Gasteiger partial charge in [-0.05, 0) is 25.8 Å². The molecule has 0 fully saturated rings. The molecule has 0 saturated carbocycles.